The molecule has 1 saturated carbocycles. The van der Waals surface area contributed by atoms with Crippen LogP contribution in [-0.2, 0) is 25.5 Å². The number of allylic oxidation sites excluding steroid dienone is 1. The topological polar surface area (TPSA) is 91.6 Å². The van der Waals surface area contributed by atoms with Crippen LogP contribution in [0.25, 0.3) is 10.9 Å². The van der Waals surface area contributed by atoms with Gasteiger partial charge in [0.1, 0.15) is 17.0 Å². The Bertz CT molecular complexity index is 1210. The molecule has 35 heavy (non-hydrogen) atoms. The molecule has 3 heterocycles. The predicted octanol–water partition coefficient (Wildman–Crippen LogP) is 4.14. The molecule has 4 aliphatic rings. The first-order valence-electron chi connectivity index (χ1n) is 13.0. The number of hydrogen-bond acceptors (Lipinski definition) is 4. The van der Waals surface area contributed by atoms with Crippen LogP contribution in [0.5, 0.6) is 0 Å². The highest BCUT2D eigenvalue weighted by molar-refractivity contribution is 6.10. The molecule has 6 heteroatoms. The lowest BCUT2D eigenvalue weighted by Gasteiger charge is -2.46. The van der Waals surface area contributed by atoms with E-state index in [-0.39, 0.29) is 71.7 Å². The summed E-state index contributed by atoms with van der Waals surface area (Å²) in [4.78, 5) is 44.1. The highest BCUT2D eigenvalue weighted by atomic mass is 16.6. The van der Waals surface area contributed by atoms with Gasteiger partial charge in [-0.2, -0.15) is 0 Å². The summed E-state index contributed by atoms with van der Waals surface area (Å²) in [6.45, 7) is 6.33. The van der Waals surface area contributed by atoms with E-state index in [4.69, 9.17) is 4.74 Å². The molecule has 0 bridgehead atoms. The molecule has 6 nitrogen and oxygen atoms in total. The number of carbonyl (C=O) groups is 3. The van der Waals surface area contributed by atoms with E-state index in [2.05, 4.69) is 55.4 Å². The second-order valence-corrected chi connectivity index (χ2v) is 11.5. The molecular weight excluding hydrogens is 440 g/mol. The zero-order chi connectivity index (χ0) is 24.5. The Morgan fingerprint density at radius 2 is 1.91 bits per heavy atom. The number of hydrogen-bond donors (Lipinski definition) is 2. The summed E-state index contributed by atoms with van der Waals surface area (Å²) in [6.07, 6.45) is 6.19. The summed E-state index contributed by atoms with van der Waals surface area (Å²) >= 11 is 0. The molecule has 8 atom stereocenters. The number of rotatable bonds is 2. The van der Waals surface area contributed by atoms with Crippen LogP contribution in [0.1, 0.15) is 52.1 Å². The average molecular weight is 475 g/mol. The van der Waals surface area contributed by atoms with Gasteiger partial charge in [-0.15, -0.1) is 0 Å². The standard InChI is InChI=1S/C29H34N2O4/c1-16-7-6-9-21-26-28(3,35-26)17(2)25-23(15-19-14-18-8-4-5-10-22(18)30-19)31-27(34)29(21,25)24(33)12-11-20(32)13-16/h4-6,8-10,14,16-17,21,23,25-26,30H,7,11-13,15H2,1-3H3,(H,31,34)/b9-6+/t16-,17-,21-,23-,25-,26-,28+,29+/m0/s1. The van der Waals surface area contributed by atoms with Crippen molar-refractivity contribution in [3.05, 3.63) is 48.2 Å². The highest BCUT2D eigenvalue weighted by Gasteiger charge is 2.78. The summed E-state index contributed by atoms with van der Waals surface area (Å²) in [5.74, 6) is -0.451. The van der Waals surface area contributed by atoms with Crippen molar-refractivity contribution in [3.8, 4) is 0 Å². The highest BCUT2D eigenvalue weighted by Crippen LogP contribution is 2.66. The van der Waals surface area contributed by atoms with Gasteiger partial charge in [-0.05, 0) is 42.7 Å². The monoisotopic (exact) mass is 474 g/mol. The summed E-state index contributed by atoms with van der Waals surface area (Å²) < 4.78 is 6.31. The number of ether oxygens (including phenoxy) is 1. The number of Topliss-reactive ketones (excluding diaryl/α,β-unsaturated/α-hetero) is 2. The number of fused-ring (bicyclic) bond motifs is 3. The first-order valence-corrected chi connectivity index (χ1v) is 13.0. The van der Waals surface area contributed by atoms with Gasteiger partial charge in [0, 0.05) is 54.8 Å². The van der Waals surface area contributed by atoms with Gasteiger partial charge in [0.05, 0.1) is 11.7 Å². The molecule has 1 aromatic heterocycles. The first-order chi connectivity index (χ1) is 16.7. The third-order valence-corrected chi connectivity index (χ3v) is 9.41. The third kappa shape index (κ3) is 3.29. The van der Waals surface area contributed by atoms with Gasteiger partial charge in [0.25, 0.3) is 0 Å². The molecule has 2 aliphatic heterocycles. The molecule has 1 amide bonds. The van der Waals surface area contributed by atoms with Gasteiger partial charge in [0.2, 0.25) is 5.91 Å². The number of benzene rings is 1. The van der Waals surface area contributed by atoms with E-state index < -0.39 is 5.41 Å². The van der Waals surface area contributed by atoms with Crippen LogP contribution in [0.4, 0.5) is 0 Å². The largest absolute Gasteiger partial charge is 0.365 e. The maximum absolute atomic E-state index is 14.1. The van der Waals surface area contributed by atoms with Gasteiger partial charge in [-0.1, -0.05) is 44.2 Å². The van der Waals surface area contributed by atoms with Crippen LogP contribution in [-0.4, -0.2) is 40.2 Å². The van der Waals surface area contributed by atoms with E-state index in [1.807, 2.05) is 18.2 Å². The van der Waals surface area contributed by atoms with Crippen molar-refractivity contribution < 1.29 is 19.1 Å². The molecule has 2 saturated heterocycles. The number of epoxide rings is 1. The van der Waals surface area contributed by atoms with Gasteiger partial charge < -0.3 is 15.0 Å². The Labute approximate surface area is 205 Å². The quantitative estimate of drug-likeness (QED) is 0.389. The van der Waals surface area contributed by atoms with Crippen LogP contribution < -0.4 is 5.32 Å². The molecule has 2 N–H and O–H groups in total. The minimum absolute atomic E-state index is 0.0224. The summed E-state index contributed by atoms with van der Waals surface area (Å²) in [7, 11) is 0. The lowest BCUT2D eigenvalue weighted by molar-refractivity contribution is -0.149. The molecule has 184 valence electrons. The SMILES string of the molecule is C[C@H]1C/C=C/[C@H]2[C@@H]3O[C@]3(C)[C@@H](C)[C@H]3[C@H](Cc4cc5ccccc5[nH]4)NC(=O)[C@]32C(=O)CCC(=O)C1. The zero-order valence-corrected chi connectivity index (χ0v) is 20.7. The number of para-hydroxylation sites is 1. The minimum atomic E-state index is -1.19. The number of nitrogens with one attached hydrogen (secondary N) is 2. The predicted molar refractivity (Wildman–Crippen MR) is 133 cm³/mol. The Balaban J connectivity index is 1.43. The van der Waals surface area contributed by atoms with Crippen LogP contribution in [0, 0.1) is 29.1 Å². The molecular formula is C29H34N2O4. The number of carbonyl (C=O) groups excluding carboxylic acids is 3. The van der Waals surface area contributed by atoms with E-state index >= 15 is 0 Å². The van der Waals surface area contributed by atoms with Crippen LogP contribution in [0.2, 0.25) is 0 Å². The zero-order valence-electron chi connectivity index (χ0n) is 20.7. The molecule has 2 aromatic rings. The molecule has 3 fully saturated rings. The fraction of sp³-hybridized carbons (Fsp3) is 0.552. The summed E-state index contributed by atoms with van der Waals surface area (Å²) in [5, 5.41) is 4.40. The van der Waals surface area contributed by atoms with Crippen molar-refractivity contribution >= 4 is 28.4 Å². The van der Waals surface area contributed by atoms with Crippen LogP contribution in [0.3, 0.4) is 0 Å². The fourth-order valence-corrected chi connectivity index (χ4v) is 7.49. The maximum atomic E-state index is 14.1. The Morgan fingerprint density at radius 1 is 1.11 bits per heavy atom. The second-order valence-electron chi connectivity index (χ2n) is 11.5. The average Bonchev–Trinajstić information content (AvgIpc) is 3.22. The van der Waals surface area contributed by atoms with Crippen LogP contribution >= 0.6 is 0 Å². The lowest BCUT2D eigenvalue weighted by Crippen LogP contribution is -2.58. The Morgan fingerprint density at radius 3 is 2.71 bits per heavy atom. The number of ketones is 2. The summed E-state index contributed by atoms with van der Waals surface area (Å²) in [5.41, 5.74) is 0.567. The molecule has 0 unspecified atom stereocenters. The lowest BCUT2D eigenvalue weighted by atomic mass is 9.51. The van der Waals surface area contributed by atoms with Crippen molar-refractivity contribution in [1.82, 2.24) is 10.3 Å². The number of aromatic nitrogens is 1. The Kier molecular flexibility index (Phi) is 5.12. The Hall–Kier alpha value is -2.73. The van der Waals surface area contributed by atoms with E-state index in [0.29, 0.717) is 12.8 Å². The van der Waals surface area contributed by atoms with E-state index in [0.717, 1.165) is 23.0 Å². The molecule has 1 spiro atoms. The number of H-pyrrole nitrogens is 1. The summed E-state index contributed by atoms with van der Waals surface area (Å²) in [6, 6.07) is 10.1. The van der Waals surface area contributed by atoms with Gasteiger partial charge >= 0.3 is 0 Å². The van der Waals surface area contributed by atoms with E-state index in [9.17, 15) is 14.4 Å². The maximum Gasteiger partial charge on any atom is 0.235 e. The minimum Gasteiger partial charge on any atom is -0.365 e. The van der Waals surface area contributed by atoms with Crippen molar-refractivity contribution in [2.75, 3.05) is 0 Å². The van der Waals surface area contributed by atoms with Crippen molar-refractivity contribution in [3.63, 3.8) is 0 Å². The third-order valence-electron chi connectivity index (χ3n) is 9.41. The normalized spacial score (nSPS) is 42.0. The molecule has 1 aromatic carbocycles. The van der Waals surface area contributed by atoms with E-state index in [1.165, 1.54) is 0 Å². The van der Waals surface area contributed by atoms with E-state index in [1.54, 1.807) is 0 Å². The van der Waals surface area contributed by atoms with Gasteiger partial charge in [-0.3, -0.25) is 14.4 Å². The van der Waals surface area contributed by atoms with Gasteiger partial charge in [-0.25, -0.2) is 0 Å². The number of aromatic amines is 1. The smallest absolute Gasteiger partial charge is 0.235 e. The number of amides is 1. The second kappa shape index (κ2) is 7.89. The fourth-order valence-electron chi connectivity index (χ4n) is 7.49. The van der Waals surface area contributed by atoms with Crippen LogP contribution in [0.15, 0.2) is 42.5 Å². The molecule has 2 aliphatic carbocycles. The van der Waals surface area contributed by atoms with Crippen molar-refractivity contribution in [1.29, 1.82) is 0 Å². The molecule has 6 rings (SSSR count). The molecule has 0 radical (unpaired) electrons. The van der Waals surface area contributed by atoms with Crippen molar-refractivity contribution in [2.45, 2.75) is 70.6 Å². The van der Waals surface area contributed by atoms with Crippen molar-refractivity contribution in [2.24, 2.45) is 29.1 Å². The first kappa shape index (κ1) is 22.7. The van der Waals surface area contributed by atoms with Gasteiger partial charge in [0.15, 0.2) is 0 Å².